The van der Waals surface area contributed by atoms with Crippen LogP contribution in [0.15, 0.2) is 24.3 Å². The molecule has 0 aliphatic rings. The largest absolute Gasteiger partial charge is 0.496 e. The zero-order valence-electron chi connectivity index (χ0n) is 10.8. The number of nitrogens with zero attached hydrogens (tertiary/aromatic N) is 1. The first-order chi connectivity index (χ1) is 8.67. The van der Waals surface area contributed by atoms with Crippen molar-refractivity contribution in [1.29, 1.82) is 0 Å². The lowest BCUT2D eigenvalue weighted by atomic mass is 10.2. The standard InChI is InChI=1S/C14H17ClN2O/c1-4-11-13(9(2)15)17-14(16-11)10-7-5-6-8-12(10)18-3/h5-9H,4H2,1-3H3,(H,16,17). The van der Waals surface area contributed by atoms with Gasteiger partial charge in [-0.1, -0.05) is 19.1 Å². The van der Waals surface area contributed by atoms with E-state index in [1.165, 1.54) is 0 Å². The second-order valence-corrected chi connectivity index (χ2v) is 4.77. The molecule has 3 nitrogen and oxygen atoms in total. The van der Waals surface area contributed by atoms with Crippen LogP contribution in [0.2, 0.25) is 0 Å². The number of halogens is 1. The van der Waals surface area contributed by atoms with Gasteiger partial charge < -0.3 is 9.72 Å². The summed E-state index contributed by atoms with van der Waals surface area (Å²) in [5.74, 6) is 1.62. The van der Waals surface area contributed by atoms with Gasteiger partial charge in [0.05, 0.1) is 23.7 Å². The summed E-state index contributed by atoms with van der Waals surface area (Å²) in [6.45, 7) is 4.02. The van der Waals surface area contributed by atoms with E-state index >= 15 is 0 Å². The summed E-state index contributed by atoms with van der Waals surface area (Å²) in [4.78, 5) is 7.92. The number of methoxy groups -OCH3 is 1. The van der Waals surface area contributed by atoms with Gasteiger partial charge in [-0.25, -0.2) is 4.98 Å². The Balaban J connectivity index is 2.51. The molecule has 0 aliphatic carbocycles. The van der Waals surface area contributed by atoms with Crippen molar-refractivity contribution in [2.75, 3.05) is 7.11 Å². The van der Waals surface area contributed by atoms with Crippen LogP contribution in [0, 0.1) is 0 Å². The van der Waals surface area contributed by atoms with Crippen LogP contribution in [0.1, 0.15) is 30.6 Å². The zero-order chi connectivity index (χ0) is 13.1. The molecule has 0 aliphatic heterocycles. The molecule has 1 aromatic heterocycles. The minimum atomic E-state index is -0.0975. The van der Waals surface area contributed by atoms with Gasteiger partial charge in [0, 0.05) is 5.69 Å². The number of H-pyrrole nitrogens is 1. The van der Waals surface area contributed by atoms with Crippen molar-refractivity contribution in [3.63, 3.8) is 0 Å². The first-order valence-electron chi connectivity index (χ1n) is 6.03. The molecule has 1 atom stereocenters. The zero-order valence-corrected chi connectivity index (χ0v) is 11.6. The van der Waals surface area contributed by atoms with Crippen molar-refractivity contribution in [3.05, 3.63) is 35.7 Å². The smallest absolute Gasteiger partial charge is 0.141 e. The number of nitrogens with one attached hydrogen (secondary N) is 1. The predicted octanol–water partition coefficient (Wildman–Crippen LogP) is 3.95. The molecule has 0 amide bonds. The Kier molecular flexibility index (Phi) is 3.92. The van der Waals surface area contributed by atoms with E-state index in [2.05, 4.69) is 16.9 Å². The summed E-state index contributed by atoms with van der Waals surface area (Å²) in [6, 6.07) is 7.82. The fourth-order valence-electron chi connectivity index (χ4n) is 1.99. The number of aromatic nitrogens is 2. The number of hydrogen-bond donors (Lipinski definition) is 1. The molecule has 18 heavy (non-hydrogen) atoms. The number of aryl methyl sites for hydroxylation is 1. The highest BCUT2D eigenvalue weighted by Gasteiger charge is 2.16. The summed E-state index contributed by atoms with van der Waals surface area (Å²) in [7, 11) is 1.66. The Morgan fingerprint density at radius 1 is 1.39 bits per heavy atom. The van der Waals surface area contributed by atoms with E-state index in [4.69, 9.17) is 16.3 Å². The summed E-state index contributed by atoms with van der Waals surface area (Å²) in [5.41, 5.74) is 2.96. The maximum atomic E-state index is 6.15. The van der Waals surface area contributed by atoms with E-state index in [1.54, 1.807) is 7.11 Å². The lowest BCUT2D eigenvalue weighted by Crippen LogP contribution is -1.91. The van der Waals surface area contributed by atoms with Crippen LogP contribution in [-0.4, -0.2) is 17.1 Å². The lowest BCUT2D eigenvalue weighted by Gasteiger charge is -2.04. The number of hydrogen-bond acceptors (Lipinski definition) is 2. The monoisotopic (exact) mass is 264 g/mol. The van der Waals surface area contributed by atoms with Crippen molar-refractivity contribution in [3.8, 4) is 17.1 Å². The second-order valence-electron chi connectivity index (χ2n) is 4.12. The fourth-order valence-corrected chi connectivity index (χ4v) is 2.17. The third kappa shape index (κ3) is 2.36. The van der Waals surface area contributed by atoms with E-state index in [0.717, 1.165) is 34.9 Å². The summed E-state index contributed by atoms with van der Waals surface area (Å²) < 4.78 is 5.35. The maximum absolute atomic E-state index is 6.15. The number of aromatic amines is 1. The highest BCUT2D eigenvalue weighted by atomic mass is 35.5. The Hall–Kier alpha value is -1.48. The first-order valence-corrected chi connectivity index (χ1v) is 6.47. The first kappa shape index (κ1) is 13.0. The van der Waals surface area contributed by atoms with Crippen LogP contribution in [0.3, 0.4) is 0 Å². The molecule has 0 saturated carbocycles. The maximum Gasteiger partial charge on any atom is 0.141 e. The quantitative estimate of drug-likeness (QED) is 0.849. The molecule has 1 N–H and O–H groups in total. The minimum Gasteiger partial charge on any atom is -0.496 e. The van der Waals surface area contributed by atoms with Gasteiger partial charge in [0.15, 0.2) is 0 Å². The number of imidazole rings is 1. The predicted molar refractivity (Wildman–Crippen MR) is 74.2 cm³/mol. The second kappa shape index (κ2) is 5.44. The van der Waals surface area contributed by atoms with Gasteiger partial charge in [-0.3, -0.25) is 0 Å². The van der Waals surface area contributed by atoms with Gasteiger partial charge in [0.25, 0.3) is 0 Å². The van der Waals surface area contributed by atoms with Gasteiger partial charge in [-0.05, 0) is 25.5 Å². The third-order valence-corrected chi connectivity index (χ3v) is 3.11. The molecule has 0 radical (unpaired) electrons. The fraction of sp³-hybridized carbons (Fsp3) is 0.357. The number of para-hydroxylation sites is 1. The van der Waals surface area contributed by atoms with E-state index in [1.807, 2.05) is 31.2 Å². The van der Waals surface area contributed by atoms with Gasteiger partial charge >= 0.3 is 0 Å². The Morgan fingerprint density at radius 3 is 2.67 bits per heavy atom. The summed E-state index contributed by atoms with van der Waals surface area (Å²) in [5, 5.41) is -0.0975. The molecule has 2 rings (SSSR count). The van der Waals surface area contributed by atoms with Crippen LogP contribution in [0.4, 0.5) is 0 Å². The molecular weight excluding hydrogens is 248 g/mol. The summed E-state index contributed by atoms with van der Waals surface area (Å²) >= 11 is 6.15. The molecule has 96 valence electrons. The van der Waals surface area contributed by atoms with Gasteiger partial charge in [0.1, 0.15) is 11.6 Å². The molecule has 0 bridgehead atoms. The molecule has 0 spiro atoms. The molecule has 1 unspecified atom stereocenters. The Bertz CT molecular complexity index is 534. The summed E-state index contributed by atoms with van der Waals surface area (Å²) in [6.07, 6.45) is 0.883. The molecule has 4 heteroatoms. The Morgan fingerprint density at radius 2 is 2.11 bits per heavy atom. The lowest BCUT2D eigenvalue weighted by molar-refractivity contribution is 0.416. The van der Waals surface area contributed by atoms with E-state index in [-0.39, 0.29) is 5.38 Å². The average molecular weight is 265 g/mol. The highest BCUT2D eigenvalue weighted by Crippen LogP contribution is 2.31. The van der Waals surface area contributed by atoms with Crippen LogP contribution in [0.25, 0.3) is 11.4 Å². The van der Waals surface area contributed by atoms with Crippen molar-refractivity contribution in [1.82, 2.24) is 9.97 Å². The average Bonchev–Trinajstić information content (AvgIpc) is 2.82. The van der Waals surface area contributed by atoms with Crippen LogP contribution >= 0.6 is 11.6 Å². The molecule has 2 aromatic rings. The number of alkyl halides is 1. The normalized spacial score (nSPS) is 12.4. The van der Waals surface area contributed by atoms with Gasteiger partial charge in [-0.2, -0.15) is 0 Å². The molecule has 1 aromatic carbocycles. The molecule has 0 fully saturated rings. The van der Waals surface area contributed by atoms with Gasteiger partial charge in [-0.15, -0.1) is 11.6 Å². The molecular formula is C14H17ClN2O. The van der Waals surface area contributed by atoms with Crippen molar-refractivity contribution in [2.45, 2.75) is 25.6 Å². The van der Waals surface area contributed by atoms with E-state index in [9.17, 15) is 0 Å². The van der Waals surface area contributed by atoms with Crippen LogP contribution in [-0.2, 0) is 6.42 Å². The number of rotatable bonds is 4. The number of benzene rings is 1. The van der Waals surface area contributed by atoms with Crippen LogP contribution < -0.4 is 4.74 Å². The SMILES string of the molecule is CCc1[nH]c(-c2ccccc2OC)nc1C(C)Cl. The number of ether oxygens (including phenoxy) is 1. The minimum absolute atomic E-state index is 0.0975. The molecule has 0 saturated heterocycles. The van der Waals surface area contributed by atoms with Crippen molar-refractivity contribution < 1.29 is 4.74 Å². The van der Waals surface area contributed by atoms with Crippen molar-refractivity contribution in [2.24, 2.45) is 0 Å². The molecule has 1 heterocycles. The van der Waals surface area contributed by atoms with E-state index in [0.29, 0.717) is 0 Å². The third-order valence-electron chi connectivity index (χ3n) is 2.90. The highest BCUT2D eigenvalue weighted by molar-refractivity contribution is 6.20. The van der Waals surface area contributed by atoms with E-state index < -0.39 is 0 Å². The van der Waals surface area contributed by atoms with Crippen LogP contribution in [0.5, 0.6) is 5.75 Å². The Labute approximate surface area is 112 Å². The van der Waals surface area contributed by atoms with Gasteiger partial charge in [0.2, 0.25) is 0 Å². The van der Waals surface area contributed by atoms with Crippen molar-refractivity contribution >= 4 is 11.6 Å². The topological polar surface area (TPSA) is 37.9 Å².